The van der Waals surface area contributed by atoms with Gasteiger partial charge in [-0.3, -0.25) is 0 Å². The van der Waals surface area contributed by atoms with Gasteiger partial charge in [0.2, 0.25) is 0 Å². The van der Waals surface area contributed by atoms with Crippen molar-refractivity contribution >= 4 is 16.7 Å². The van der Waals surface area contributed by atoms with Gasteiger partial charge in [0.05, 0.1) is 11.6 Å². The maximum atomic E-state index is 8.56. The SMILES string of the molecule is CCCCCc1cc2cc(CCCCCC#N)ccc2nc1N. The van der Waals surface area contributed by atoms with Crippen molar-refractivity contribution in [2.45, 2.75) is 64.7 Å². The monoisotopic (exact) mass is 309 g/mol. The summed E-state index contributed by atoms with van der Waals surface area (Å²) in [4.78, 5) is 4.56. The van der Waals surface area contributed by atoms with Gasteiger partial charge in [-0.2, -0.15) is 5.26 Å². The number of nitrogens with two attached hydrogens (primary N) is 1. The number of hydrogen-bond acceptors (Lipinski definition) is 3. The van der Waals surface area contributed by atoms with Crippen LogP contribution in [0.1, 0.15) is 63.0 Å². The Morgan fingerprint density at radius 3 is 2.65 bits per heavy atom. The van der Waals surface area contributed by atoms with Crippen molar-refractivity contribution in [1.82, 2.24) is 4.98 Å². The quantitative estimate of drug-likeness (QED) is 0.649. The van der Waals surface area contributed by atoms with Gasteiger partial charge in [0.25, 0.3) is 0 Å². The van der Waals surface area contributed by atoms with Gasteiger partial charge in [-0.1, -0.05) is 32.3 Å². The van der Waals surface area contributed by atoms with Crippen LogP contribution in [0.2, 0.25) is 0 Å². The molecule has 0 fully saturated rings. The standard InChI is InChI=1S/C20H27N3/c1-2-3-6-10-17-15-18-14-16(9-7-4-5-8-13-21)11-12-19(18)23-20(17)22/h11-12,14-15H,2-10H2,1H3,(H2,22,23). The molecule has 2 rings (SSSR count). The van der Waals surface area contributed by atoms with Crippen molar-refractivity contribution in [3.05, 3.63) is 35.4 Å². The van der Waals surface area contributed by atoms with Crippen LogP contribution in [0.25, 0.3) is 10.9 Å². The van der Waals surface area contributed by atoms with Gasteiger partial charge in [0.15, 0.2) is 0 Å². The van der Waals surface area contributed by atoms with Gasteiger partial charge < -0.3 is 5.73 Å². The number of hydrogen-bond donors (Lipinski definition) is 1. The van der Waals surface area contributed by atoms with Crippen LogP contribution in [0.4, 0.5) is 5.82 Å². The Labute approximate surface area is 139 Å². The second-order valence-corrected chi connectivity index (χ2v) is 6.24. The number of nitriles is 1. The Hall–Kier alpha value is -2.08. The van der Waals surface area contributed by atoms with Crippen LogP contribution < -0.4 is 5.73 Å². The average molecular weight is 309 g/mol. The molecule has 2 aromatic rings. The summed E-state index contributed by atoms with van der Waals surface area (Å²) in [5, 5.41) is 9.75. The molecular formula is C20H27N3. The molecule has 0 aliphatic carbocycles. The number of fused-ring (bicyclic) bond motifs is 1. The molecule has 0 atom stereocenters. The first-order valence-corrected chi connectivity index (χ1v) is 8.79. The highest BCUT2D eigenvalue weighted by Crippen LogP contribution is 2.22. The van der Waals surface area contributed by atoms with Crippen molar-refractivity contribution in [1.29, 1.82) is 5.26 Å². The fourth-order valence-corrected chi connectivity index (χ4v) is 2.92. The lowest BCUT2D eigenvalue weighted by atomic mass is 10.0. The van der Waals surface area contributed by atoms with Gasteiger partial charge in [-0.15, -0.1) is 0 Å². The summed E-state index contributed by atoms with van der Waals surface area (Å²) >= 11 is 0. The second kappa shape index (κ2) is 9.15. The Bertz CT molecular complexity index is 670. The summed E-state index contributed by atoms with van der Waals surface area (Å²) in [6.07, 6.45) is 9.64. The van der Waals surface area contributed by atoms with Gasteiger partial charge >= 0.3 is 0 Å². The Morgan fingerprint density at radius 1 is 1.04 bits per heavy atom. The zero-order chi connectivity index (χ0) is 16.5. The van der Waals surface area contributed by atoms with Crippen molar-refractivity contribution in [3.8, 4) is 6.07 Å². The van der Waals surface area contributed by atoms with E-state index in [1.54, 1.807) is 0 Å². The molecule has 0 aliphatic rings. The van der Waals surface area contributed by atoms with Crippen LogP contribution in [-0.2, 0) is 12.8 Å². The number of benzene rings is 1. The van der Waals surface area contributed by atoms with E-state index in [2.05, 4.69) is 42.2 Å². The first-order valence-electron chi connectivity index (χ1n) is 8.79. The molecule has 0 unspecified atom stereocenters. The van der Waals surface area contributed by atoms with E-state index in [9.17, 15) is 0 Å². The Morgan fingerprint density at radius 2 is 1.87 bits per heavy atom. The maximum absolute atomic E-state index is 8.56. The minimum Gasteiger partial charge on any atom is -0.383 e. The van der Waals surface area contributed by atoms with E-state index in [1.165, 1.54) is 35.8 Å². The molecular weight excluding hydrogens is 282 g/mol. The number of rotatable bonds is 9. The molecule has 0 amide bonds. The minimum absolute atomic E-state index is 0.669. The van der Waals surface area contributed by atoms with Crippen LogP contribution in [-0.4, -0.2) is 4.98 Å². The largest absolute Gasteiger partial charge is 0.383 e. The number of nitrogen functional groups attached to an aromatic ring is 1. The fraction of sp³-hybridized carbons (Fsp3) is 0.500. The summed E-state index contributed by atoms with van der Waals surface area (Å²) in [7, 11) is 0. The molecule has 0 radical (unpaired) electrons. The highest BCUT2D eigenvalue weighted by atomic mass is 14.8. The first-order chi connectivity index (χ1) is 11.2. The predicted molar refractivity (Wildman–Crippen MR) is 97.2 cm³/mol. The molecule has 1 aromatic heterocycles. The highest BCUT2D eigenvalue weighted by Gasteiger charge is 2.05. The second-order valence-electron chi connectivity index (χ2n) is 6.24. The Balaban J connectivity index is 2.05. The van der Waals surface area contributed by atoms with Crippen LogP contribution in [0.5, 0.6) is 0 Å². The zero-order valence-corrected chi connectivity index (χ0v) is 14.1. The van der Waals surface area contributed by atoms with Crippen LogP contribution in [0.15, 0.2) is 24.3 Å². The molecule has 0 aliphatic heterocycles. The van der Waals surface area contributed by atoms with Crippen molar-refractivity contribution in [2.24, 2.45) is 0 Å². The highest BCUT2D eigenvalue weighted by molar-refractivity contribution is 5.82. The molecule has 122 valence electrons. The molecule has 23 heavy (non-hydrogen) atoms. The molecule has 3 nitrogen and oxygen atoms in total. The lowest BCUT2D eigenvalue weighted by Gasteiger charge is -2.09. The van der Waals surface area contributed by atoms with Gasteiger partial charge in [0, 0.05) is 11.8 Å². The fourth-order valence-electron chi connectivity index (χ4n) is 2.92. The molecule has 0 bridgehead atoms. The van der Waals surface area contributed by atoms with E-state index < -0.39 is 0 Å². The number of aryl methyl sites for hydroxylation is 2. The molecule has 1 heterocycles. The van der Waals surface area contributed by atoms with Crippen LogP contribution in [0, 0.1) is 11.3 Å². The molecule has 0 spiro atoms. The summed E-state index contributed by atoms with van der Waals surface area (Å²) in [5.74, 6) is 0.679. The Kier molecular flexibility index (Phi) is 6.87. The van der Waals surface area contributed by atoms with Crippen molar-refractivity contribution < 1.29 is 0 Å². The summed E-state index contributed by atoms with van der Waals surface area (Å²) in [6, 6.07) is 10.9. The summed E-state index contributed by atoms with van der Waals surface area (Å²) < 4.78 is 0. The molecule has 3 heteroatoms. The van der Waals surface area contributed by atoms with Gasteiger partial charge in [-0.25, -0.2) is 4.98 Å². The van der Waals surface area contributed by atoms with Crippen LogP contribution >= 0.6 is 0 Å². The van der Waals surface area contributed by atoms with E-state index in [-0.39, 0.29) is 0 Å². The maximum Gasteiger partial charge on any atom is 0.127 e. The molecule has 0 saturated carbocycles. The zero-order valence-electron chi connectivity index (χ0n) is 14.1. The molecule has 0 saturated heterocycles. The number of unbranched alkanes of at least 4 members (excludes halogenated alkanes) is 5. The predicted octanol–water partition coefficient (Wildman–Crippen LogP) is 5.18. The van der Waals surface area contributed by atoms with E-state index in [0.717, 1.165) is 37.6 Å². The lowest BCUT2D eigenvalue weighted by Crippen LogP contribution is -1.99. The third-order valence-electron chi connectivity index (χ3n) is 4.30. The summed E-state index contributed by atoms with van der Waals surface area (Å²) in [5.41, 5.74) is 9.60. The number of anilines is 1. The smallest absolute Gasteiger partial charge is 0.127 e. The van der Waals surface area contributed by atoms with E-state index >= 15 is 0 Å². The van der Waals surface area contributed by atoms with Crippen LogP contribution in [0.3, 0.4) is 0 Å². The third-order valence-corrected chi connectivity index (χ3v) is 4.30. The van der Waals surface area contributed by atoms with Crippen molar-refractivity contribution in [2.75, 3.05) is 5.73 Å². The van der Waals surface area contributed by atoms with E-state index in [0.29, 0.717) is 12.2 Å². The minimum atomic E-state index is 0.669. The number of aromatic nitrogens is 1. The summed E-state index contributed by atoms with van der Waals surface area (Å²) in [6.45, 7) is 2.21. The third kappa shape index (κ3) is 5.25. The van der Waals surface area contributed by atoms with Crippen molar-refractivity contribution in [3.63, 3.8) is 0 Å². The van der Waals surface area contributed by atoms with Gasteiger partial charge in [-0.05, 0) is 61.4 Å². The number of pyridine rings is 1. The first kappa shape index (κ1) is 17.3. The topological polar surface area (TPSA) is 62.7 Å². The number of nitrogens with zero attached hydrogens (tertiary/aromatic N) is 2. The molecule has 1 aromatic carbocycles. The average Bonchev–Trinajstić information content (AvgIpc) is 2.55. The van der Waals surface area contributed by atoms with Gasteiger partial charge in [0.1, 0.15) is 5.82 Å². The van der Waals surface area contributed by atoms with E-state index in [4.69, 9.17) is 11.0 Å². The normalized spacial score (nSPS) is 10.8. The molecule has 2 N–H and O–H groups in total. The van der Waals surface area contributed by atoms with E-state index in [1.807, 2.05) is 0 Å². The lowest BCUT2D eigenvalue weighted by molar-refractivity contribution is 0.691.